The Balaban J connectivity index is 1.91. The largest absolute Gasteiger partial charge is 0.348 e. The van der Waals surface area contributed by atoms with Crippen LogP contribution in [0.4, 0.5) is 0 Å². The molecule has 2 heterocycles. The predicted molar refractivity (Wildman–Crippen MR) is 69.2 cm³/mol. The molecule has 2 aromatic heterocycles. The van der Waals surface area contributed by atoms with E-state index >= 15 is 0 Å². The summed E-state index contributed by atoms with van der Waals surface area (Å²) in [5.41, 5.74) is 0.463. The molecule has 0 saturated carbocycles. The van der Waals surface area contributed by atoms with Gasteiger partial charge in [-0.05, 0) is 30.5 Å². The third-order valence-electron chi connectivity index (χ3n) is 2.36. The Morgan fingerprint density at radius 1 is 1.41 bits per heavy atom. The number of carbonyl (C=O) groups excluding carboxylic acids is 1. The zero-order valence-electron chi connectivity index (χ0n) is 9.59. The minimum Gasteiger partial charge on any atom is -0.348 e. The second-order valence-electron chi connectivity index (χ2n) is 3.87. The van der Waals surface area contributed by atoms with Crippen molar-refractivity contribution in [1.29, 1.82) is 0 Å². The van der Waals surface area contributed by atoms with Crippen LogP contribution in [0.25, 0.3) is 0 Å². The Hall–Kier alpha value is -1.68. The lowest BCUT2D eigenvalue weighted by Crippen LogP contribution is -2.34. The first-order valence-electron chi connectivity index (χ1n) is 5.50. The van der Waals surface area contributed by atoms with Gasteiger partial charge in [0.2, 0.25) is 0 Å². The van der Waals surface area contributed by atoms with E-state index < -0.39 is 0 Å². The number of carbonyl (C=O) groups is 1. The number of nitrogens with one attached hydrogen (secondary N) is 1. The van der Waals surface area contributed by atoms with Crippen molar-refractivity contribution in [2.75, 3.05) is 0 Å². The lowest BCUT2D eigenvalue weighted by atomic mass is 10.2. The fourth-order valence-corrected chi connectivity index (χ4v) is 2.41. The molecule has 0 aliphatic carbocycles. The van der Waals surface area contributed by atoms with E-state index in [1.54, 1.807) is 29.7 Å². The van der Waals surface area contributed by atoms with Crippen molar-refractivity contribution in [3.8, 4) is 0 Å². The molecule has 1 atom stereocenters. The van der Waals surface area contributed by atoms with Crippen LogP contribution in [0, 0.1) is 0 Å². The number of aromatic nitrogens is 1. The number of hydrogen-bond donors (Lipinski definition) is 1. The Morgan fingerprint density at radius 3 is 2.94 bits per heavy atom. The van der Waals surface area contributed by atoms with Crippen LogP contribution in [-0.4, -0.2) is 16.9 Å². The standard InChI is InChI=1S/C13H14N2OS/c1-10(9-11-5-4-8-17-11)15-13(16)12-6-2-3-7-14-12/h2-8,10H,9H2,1H3,(H,15,16)/t10-/m0/s1. The van der Waals surface area contributed by atoms with Crippen LogP contribution in [0.5, 0.6) is 0 Å². The molecular formula is C13H14N2OS. The number of pyridine rings is 1. The highest BCUT2D eigenvalue weighted by molar-refractivity contribution is 7.09. The topological polar surface area (TPSA) is 42.0 Å². The minimum absolute atomic E-state index is 0.114. The molecule has 4 heteroatoms. The first kappa shape index (κ1) is 11.8. The van der Waals surface area contributed by atoms with Gasteiger partial charge in [0.15, 0.2) is 0 Å². The molecule has 0 spiro atoms. The smallest absolute Gasteiger partial charge is 0.270 e. The number of rotatable bonds is 4. The quantitative estimate of drug-likeness (QED) is 0.900. The maximum atomic E-state index is 11.8. The Morgan fingerprint density at radius 2 is 2.29 bits per heavy atom. The van der Waals surface area contributed by atoms with Gasteiger partial charge < -0.3 is 5.32 Å². The van der Waals surface area contributed by atoms with E-state index in [9.17, 15) is 4.79 Å². The SMILES string of the molecule is C[C@@H](Cc1cccs1)NC(=O)c1ccccn1. The van der Waals surface area contributed by atoms with Gasteiger partial charge in [0.05, 0.1) is 0 Å². The first-order chi connectivity index (χ1) is 8.25. The average Bonchev–Trinajstić information content (AvgIpc) is 2.82. The highest BCUT2D eigenvalue weighted by Gasteiger charge is 2.11. The summed E-state index contributed by atoms with van der Waals surface area (Å²) in [5.74, 6) is -0.116. The van der Waals surface area contributed by atoms with Crippen molar-refractivity contribution in [2.24, 2.45) is 0 Å². The van der Waals surface area contributed by atoms with Gasteiger partial charge >= 0.3 is 0 Å². The number of hydrogen-bond acceptors (Lipinski definition) is 3. The second-order valence-corrected chi connectivity index (χ2v) is 4.91. The molecule has 0 aromatic carbocycles. The van der Waals surface area contributed by atoms with E-state index in [-0.39, 0.29) is 11.9 Å². The van der Waals surface area contributed by atoms with E-state index in [0.717, 1.165) is 6.42 Å². The highest BCUT2D eigenvalue weighted by atomic mass is 32.1. The van der Waals surface area contributed by atoms with E-state index in [4.69, 9.17) is 0 Å². The van der Waals surface area contributed by atoms with Crippen LogP contribution in [0.15, 0.2) is 41.9 Å². The Labute approximate surface area is 105 Å². The molecule has 0 bridgehead atoms. The van der Waals surface area contributed by atoms with Gasteiger partial charge in [-0.25, -0.2) is 0 Å². The van der Waals surface area contributed by atoms with Crippen LogP contribution in [0.1, 0.15) is 22.3 Å². The molecule has 0 unspecified atom stereocenters. The summed E-state index contributed by atoms with van der Waals surface area (Å²) in [5, 5.41) is 4.98. The summed E-state index contributed by atoms with van der Waals surface area (Å²) in [4.78, 5) is 17.1. The van der Waals surface area contributed by atoms with Gasteiger partial charge in [-0.1, -0.05) is 12.1 Å². The molecule has 0 radical (unpaired) electrons. The van der Waals surface area contributed by atoms with Crippen molar-refractivity contribution >= 4 is 17.2 Å². The van der Waals surface area contributed by atoms with Crippen LogP contribution >= 0.6 is 11.3 Å². The van der Waals surface area contributed by atoms with Crippen LogP contribution in [0.3, 0.4) is 0 Å². The summed E-state index contributed by atoms with van der Waals surface area (Å²) in [7, 11) is 0. The molecule has 17 heavy (non-hydrogen) atoms. The van der Waals surface area contributed by atoms with Gasteiger partial charge in [0.1, 0.15) is 5.69 Å². The van der Waals surface area contributed by atoms with Crippen molar-refractivity contribution in [3.05, 3.63) is 52.5 Å². The van der Waals surface area contributed by atoms with E-state index in [0.29, 0.717) is 5.69 Å². The third-order valence-corrected chi connectivity index (χ3v) is 3.26. The van der Waals surface area contributed by atoms with Crippen molar-refractivity contribution in [1.82, 2.24) is 10.3 Å². The molecule has 1 amide bonds. The summed E-state index contributed by atoms with van der Waals surface area (Å²) in [6.07, 6.45) is 2.48. The molecule has 1 N–H and O–H groups in total. The van der Waals surface area contributed by atoms with Crippen molar-refractivity contribution < 1.29 is 4.79 Å². The Kier molecular flexibility index (Phi) is 3.88. The fraction of sp³-hybridized carbons (Fsp3) is 0.231. The van der Waals surface area contributed by atoms with Crippen LogP contribution in [-0.2, 0) is 6.42 Å². The molecule has 2 rings (SSSR count). The molecule has 88 valence electrons. The molecule has 3 nitrogen and oxygen atoms in total. The Bertz CT molecular complexity index is 467. The fourth-order valence-electron chi connectivity index (χ4n) is 1.58. The maximum Gasteiger partial charge on any atom is 0.270 e. The maximum absolute atomic E-state index is 11.8. The second kappa shape index (κ2) is 5.59. The molecule has 2 aromatic rings. The molecule has 0 fully saturated rings. The first-order valence-corrected chi connectivity index (χ1v) is 6.38. The zero-order chi connectivity index (χ0) is 12.1. The number of amides is 1. The molecular weight excluding hydrogens is 232 g/mol. The monoisotopic (exact) mass is 246 g/mol. The zero-order valence-corrected chi connectivity index (χ0v) is 10.4. The van der Waals surface area contributed by atoms with Gasteiger partial charge in [0.25, 0.3) is 5.91 Å². The number of thiophene rings is 1. The molecule has 0 aliphatic rings. The van der Waals surface area contributed by atoms with Crippen molar-refractivity contribution in [2.45, 2.75) is 19.4 Å². The van der Waals surface area contributed by atoms with Crippen LogP contribution in [0.2, 0.25) is 0 Å². The average molecular weight is 246 g/mol. The summed E-state index contributed by atoms with van der Waals surface area (Å²) < 4.78 is 0. The van der Waals surface area contributed by atoms with Crippen LogP contribution < -0.4 is 5.32 Å². The minimum atomic E-state index is -0.116. The highest BCUT2D eigenvalue weighted by Crippen LogP contribution is 2.11. The van der Waals surface area contributed by atoms with Gasteiger partial charge in [-0.2, -0.15) is 0 Å². The third kappa shape index (κ3) is 3.39. The lowest BCUT2D eigenvalue weighted by Gasteiger charge is -2.12. The summed E-state index contributed by atoms with van der Waals surface area (Å²) >= 11 is 1.71. The lowest BCUT2D eigenvalue weighted by molar-refractivity contribution is 0.0935. The van der Waals surface area contributed by atoms with E-state index in [2.05, 4.69) is 16.4 Å². The van der Waals surface area contributed by atoms with Crippen molar-refractivity contribution in [3.63, 3.8) is 0 Å². The summed E-state index contributed by atoms with van der Waals surface area (Å²) in [6.45, 7) is 2.00. The van der Waals surface area contributed by atoms with Gasteiger partial charge in [-0.3, -0.25) is 9.78 Å². The van der Waals surface area contributed by atoms with E-state index in [1.807, 2.05) is 24.4 Å². The predicted octanol–water partition coefficient (Wildman–Crippen LogP) is 2.50. The normalized spacial score (nSPS) is 12.1. The summed E-state index contributed by atoms with van der Waals surface area (Å²) in [6, 6.07) is 9.54. The van der Waals surface area contributed by atoms with Gasteiger partial charge in [0, 0.05) is 23.5 Å². The van der Waals surface area contributed by atoms with E-state index in [1.165, 1.54) is 4.88 Å². The number of nitrogens with zero attached hydrogens (tertiary/aromatic N) is 1. The van der Waals surface area contributed by atoms with Gasteiger partial charge in [-0.15, -0.1) is 11.3 Å². The molecule has 0 aliphatic heterocycles. The molecule has 0 saturated heterocycles.